The van der Waals surface area contributed by atoms with E-state index in [-0.39, 0.29) is 179 Å². The number of ketones is 2. The Hall–Kier alpha value is 0.233. The third kappa shape index (κ3) is 37.1. The third-order valence-corrected chi connectivity index (χ3v) is 13.8. The molecule has 0 aromatic heterocycles. The number of ether oxygens (including phenoxy) is 1. The molecule has 490 valence electrons. The zero-order chi connectivity index (χ0) is 66.1. The molecule has 2 bridgehead atoms. The summed E-state index contributed by atoms with van der Waals surface area (Å²) in [5.41, 5.74) is 15.8. The molecule has 0 aliphatic heterocycles. The second-order valence-electron chi connectivity index (χ2n) is 20.5. The number of nitrogens with zero attached hydrogens (tertiary/aromatic N) is 3. The maximum absolute atomic E-state index is 12.8. The number of rotatable bonds is 12. The number of alkyl halides is 2. The fourth-order valence-corrected chi connectivity index (χ4v) is 9.38. The third-order valence-electron chi connectivity index (χ3n) is 13.8. The van der Waals surface area contributed by atoms with Gasteiger partial charge in [0.25, 0.3) is 16.6 Å². The number of hydrogen-bond acceptors (Lipinski definition) is 11. The van der Waals surface area contributed by atoms with Gasteiger partial charge in [-0.3, -0.25) is 23.7 Å². The van der Waals surface area contributed by atoms with Gasteiger partial charge in [-0.25, -0.2) is 6.57 Å². The number of aryl methyl sites for hydroxylation is 7. The predicted octanol–water partition coefficient (Wildman–Crippen LogP) is 10.9. The van der Waals surface area contributed by atoms with Crippen molar-refractivity contribution in [1.29, 1.82) is 10.5 Å². The minimum absolute atomic E-state index is 0. The van der Waals surface area contributed by atoms with Gasteiger partial charge in [0.1, 0.15) is 6.10 Å². The van der Waals surface area contributed by atoms with Gasteiger partial charge in [-0.05, 0) is 100 Å². The first-order chi connectivity index (χ1) is 41.9. The molecule has 0 amide bonds. The van der Waals surface area contributed by atoms with E-state index < -0.39 is 28.1 Å². The molecular weight excluding hydrogens is 2160 g/mol. The summed E-state index contributed by atoms with van der Waals surface area (Å²) < 4.78 is 32.2. The zero-order valence-corrected chi connectivity index (χ0v) is 77.5. The molecule has 0 fully saturated rings. The first-order valence-corrected chi connectivity index (χ1v) is 50.7. The van der Waals surface area contributed by atoms with Crippen molar-refractivity contribution in [3.8, 4) is 12.1 Å². The number of nitriles is 2. The van der Waals surface area contributed by atoms with Crippen LogP contribution in [0.15, 0.2) is 158 Å². The summed E-state index contributed by atoms with van der Waals surface area (Å²) in [7, 11) is -3.67. The summed E-state index contributed by atoms with van der Waals surface area (Å²) in [4.78, 5) is 51.8. The second kappa shape index (κ2) is 54.9. The monoisotopic (exact) mass is 2230 g/mol. The molecule has 14 nitrogen and oxygen atoms in total. The number of carbonyl (C=O) groups excluding carboxylic acids is 3. The summed E-state index contributed by atoms with van der Waals surface area (Å²) in [5.74, 6) is -1.88. The summed E-state index contributed by atoms with van der Waals surface area (Å²) in [6.07, 6.45) is 2.00. The normalized spacial score (nSPS) is 13.4. The molecule has 0 spiro atoms. The van der Waals surface area contributed by atoms with Crippen LogP contribution in [0.1, 0.15) is 154 Å². The van der Waals surface area contributed by atoms with Crippen LogP contribution in [0.4, 0.5) is 0 Å². The van der Waals surface area contributed by atoms with Crippen molar-refractivity contribution < 1.29 is 169 Å². The molecule has 0 radical (unpaired) electrons. The van der Waals surface area contributed by atoms with Gasteiger partial charge in [0.2, 0.25) is 6.04 Å². The average Bonchev–Trinajstić information content (AvgIpc) is 0.741. The Labute approximate surface area is 732 Å². The SMILES string of the molecule is CS(=O)(=O)O.Cc1ccc(C(CC(C(=O)O)c2ccc(C)cc2)OC=O)cc1.Cc1ccc(CC#N)cc1.Cc1ccc2c(c1)C(=O)C1CC2C(=O)c2cc(C)ccc21.I.ICI.II.I[I-]I.[C-]#[N+]C(CC(C#N)c1ccc(C)cc1)c1ccc(C)cc1.[K+].[K+].[OH-].[OH-]. The van der Waals surface area contributed by atoms with Crippen LogP contribution in [0, 0.1) is 77.7 Å². The standard InChI is InChI=1S/C19H18N2.C19H20O4.C19H16O2.C9H9N.CH2I2.CH4O3S.I3.I2.HI.2K.2H2O/c1-14-4-8-16(9-5-14)18(13-20)12-19(21-3)17-10-6-15(2)7-11-17;1-13-3-7-15(8-4-13)17(19(21)22)11-18(23-12-20)16-9-5-14(2)6-10-16;1-10-3-5-12-14(7-10)18(20)17-9-16(12)19(21)15-8-11(2)4-6-13(15)17;1-8-2-4-9(5-3-8)6-7-10;2-1-3;1-5(2,3)4;1-3-2;1-2;;;;;/h4-11,18-19H,12H2,1-2H3;3-10,12,17-18H,11H2,1-2H3,(H,21,22);3-8,16-17H,9H2,1-2H3;2-5H,6H2,1H3;1H2;1H3,(H,2,3,4);;;1H;;;2*1H2/q;;;;;;-1;;;2*+1;;/p-2. The van der Waals surface area contributed by atoms with Crippen LogP contribution in [-0.4, -0.2) is 61.7 Å². The average molecular weight is 2230 g/mol. The fourth-order valence-electron chi connectivity index (χ4n) is 9.38. The summed E-state index contributed by atoms with van der Waals surface area (Å²) in [5, 5.41) is 27.3. The minimum atomic E-state index is -3.67. The largest absolute Gasteiger partial charge is 1.00 e. The molecule has 2 aliphatic rings. The summed E-state index contributed by atoms with van der Waals surface area (Å²) in [6, 6.07) is 54.9. The Kier molecular flexibility index (Phi) is 58.8. The van der Waals surface area contributed by atoms with E-state index in [2.05, 4.69) is 137 Å². The molecule has 7 aromatic carbocycles. The molecule has 0 heterocycles. The molecule has 4 N–H and O–H groups in total. The number of aliphatic carboxylic acids is 1. The Morgan fingerprint density at radius 2 is 0.968 bits per heavy atom. The fraction of sp³-hybridized carbons (Fsp3) is 0.279. The molecule has 6 unspecified atom stereocenters. The second-order valence-corrected chi connectivity index (χ2v) is 42.7. The number of carboxylic acids is 1. The van der Waals surface area contributed by atoms with Crippen molar-refractivity contribution in [2.24, 2.45) is 0 Å². The predicted molar refractivity (Wildman–Crippen MR) is 419 cm³/mol. The van der Waals surface area contributed by atoms with E-state index in [1.165, 1.54) is 19.1 Å². The number of hydrogen-bond donors (Lipinski definition) is 2. The maximum atomic E-state index is 12.8. The molecule has 0 saturated carbocycles. The van der Waals surface area contributed by atoms with Crippen molar-refractivity contribution in [3.05, 3.63) is 258 Å². The molecule has 2 aliphatic carbocycles. The van der Waals surface area contributed by atoms with Crippen LogP contribution < -0.4 is 116 Å². The van der Waals surface area contributed by atoms with Crippen LogP contribution in [0.3, 0.4) is 0 Å². The van der Waals surface area contributed by atoms with Gasteiger partial charge >= 0.3 is 159 Å². The van der Waals surface area contributed by atoms with E-state index >= 15 is 0 Å². The van der Waals surface area contributed by atoms with Gasteiger partial charge in [-0.1, -0.05) is 230 Å². The first-order valence-electron chi connectivity index (χ1n) is 27.0. The van der Waals surface area contributed by atoms with Crippen LogP contribution in [0.2, 0.25) is 0 Å². The summed E-state index contributed by atoms with van der Waals surface area (Å²) in [6.45, 7) is 21.8. The van der Waals surface area contributed by atoms with Crippen molar-refractivity contribution in [1.82, 2.24) is 0 Å². The molecule has 6 atom stereocenters. The van der Waals surface area contributed by atoms with Crippen molar-refractivity contribution in [2.75, 3.05) is 8.69 Å². The van der Waals surface area contributed by atoms with Gasteiger partial charge in [0.05, 0.1) is 39.1 Å². The minimum Gasteiger partial charge on any atom is -0.870 e. The van der Waals surface area contributed by atoms with E-state index in [1.807, 2.05) is 194 Å². The Bertz CT molecular complexity index is 3460. The number of Topliss-reactive ketones (excluding diaryl/α,β-unsaturated/α-hetero) is 2. The van der Waals surface area contributed by atoms with Crippen LogP contribution in [0.5, 0.6) is 0 Å². The van der Waals surface area contributed by atoms with Gasteiger partial charge in [-0.2, -0.15) is 18.9 Å². The van der Waals surface area contributed by atoms with Crippen LogP contribution >= 0.6 is 144 Å². The topological polar surface area (TPSA) is 264 Å². The van der Waals surface area contributed by atoms with Crippen molar-refractivity contribution >= 4 is 178 Å². The maximum Gasteiger partial charge on any atom is 1.00 e. The summed E-state index contributed by atoms with van der Waals surface area (Å²) >= 11 is 14.1. The molecule has 7 aromatic rings. The van der Waals surface area contributed by atoms with E-state index in [4.69, 9.17) is 21.1 Å². The van der Waals surface area contributed by atoms with E-state index in [0.717, 1.165) is 66.8 Å². The first kappa shape index (κ1) is 99.6. The van der Waals surface area contributed by atoms with Crippen LogP contribution in [-0.2, 0) is 30.9 Å². The number of benzene rings is 7. The van der Waals surface area contributed by atoms with Crippen molar-refractivity contribution in [2.45, 2.75) is 110 Å². The molecule has 9 rings (SSSR count). The van der Waals surface area contributed by atoms with E-state index in [0.29, 0.717) is 50.8 Å². The number of carbonyl (C=O) groups is 4. The van der Waals surface area contributed by atoms with Gasteiger partial charge < -0.3 is 25.6 Å². The van der Waals surface area contributed by atoms with E-state index in [1.54, 1.807) is 12.1 Å². The van der Waals surface area contributed by atoms with Gasteiger partial charge in [-0.15, -0.1) is 24.0 Å². The quantitative estimate of drug-likeness (QED) is 0.0288. The Morgan fingerprint density at radius 3 is 1.29 bits per heavy atom. The van der Waals surface area contributed by atoms with E-state index in [9.17, 15) is 38.0 Å². The Balaban J connectivity index is -0.000000535. The molecule has 25 heteroatoms. The smallest absolute Gasteiger partial charge is 0.870 e. The number of halogens is 8. The van der Waals surface area contributed by atoms with Crippen molar-refractivity contribution in [3.63, 3.8) is 0 Å². The van der Waals surface area contributed by atoms with Crippen LogP contribution in [0.25, 0.3) is 4.85 Å². The molecule has 0 saturated heterocycles. The Morgan fingerprint density at radius 1 is 0.645 bits per heavy atom. The van der Waals surface area contributed by atoms with Gasteiger partial charge in [0.15, 0.2) is 11.6 Å². The number of fused-ring (bicyclic) bond motifs is 6. The zero-order valence-electron chi connectivity index (χ0n) is 53.0. The van der Waals surface area contributed by atoms with Gasteiger partial charge in [0, 0.05) is 78.6 Å². The molecular formula is C68H72I8K2N3O11S-. The number of carboxylic acid groups (broad SMARTS) is 1. The molecule has 93 heavy (non-hydrogen) atoms.